The van der Waals surface area contributed by atoms with Crippen molar-refractivity contribution in [2.75, 3.05) is 12.4 Å². The van der Waals surface area contributed by atoms with Crippen molar-refractivity contribution in [3.05, 3.63) is 70.2 Å². The molecule has 0 saturated heterocycles. The van der Waals surface area contributed by atoms with Gasteiger partial charge in [0.15, 0.2) is 5.11 Å². The number of amides is 1. The van der Waals surface area contributed by atoms with Crippen LogP contribution in [-0.2, 0) is 0 Å². The van der Waals surface area contributed by atoms with Gasteiger partial charge in [-0.1, -0.05) is 50.2 Å². The van der Waals surface area contributed by atoms with Gasteiger partial charge in [0.05, 0.1) is 17.1 Å². The predicted molar refractivity (Wildman–Crippen MR) is 122 cm³/mol. The summed E-state index contributed by atoms with van der Waals surface area (Å²) in [6.45, 7) is 4.28. The highest BCUT2D eigenvalue weighted by Crippen LogP contribution is 2.36. The van der Waals surface area contributed by atoms with Gasteiger partial charge in [0.1, 0.15) is 5.75 Å². The Balaban J connectivity index is 1.79. The number of nitrogens with one attached hydrogen (secondary N) is 2. The first kappa shape index (κ1) is 20.3. The Morgan fingerprint density at radius 2 is 1.79 bits per heavy atom. The maximum Gasteiger partial charge on any atom is 0.261 e. The van der Waals surface area contributed by atoms with E-state index in [1.165, 1.54) is 5.56 Å². The number of hydrogen-bond donors (Lipinski definition) is 2. The van der Waals surface area contributed by atoms with E-state index in [1.54, 1.807) is 13.2 Å². The normalized spacial score (nSPS) is 10.8. The number of anilines is 1. The molecule has 0 aliphatic carbocycles. The molecule has 0 saturated carbocycles. The van der Waals surface area contributed by atoms with Crippen LogP contribution >= 0.6 is 28.1 Å². The molecule has 0 atom stereocenters. The van der Waals surface area contributed by atoms with Crippen LogP contribution in [0.4, 0.5) is 5.69 Å². The van der Waals surface area contributed by atoms with Gasteiger partial charge in [0.2, 0.25) is 0 Å². The molecule has 144 valence electrons. The molecule has 0 aliphatic heterocycles. The number of carbonyl (C=O) groups excluding carboxylic acids is 1. The summed E-state index contributed by atoms with van der Waals surface area (Å²) in [5.74, 6) is 0.597. The number of rotatable bonds is 4. The minimum Gasteiger partial charge on any atom is -0.495 e. The molecular weight excluding hydrogens is 436 g/mol. The molecule has 0 bridgehead atoms. The Kier molecular flexibility index (Phi) is 6.31. The van der Waals surface area contributed by atoms with Crippen LogP contribution in [0.15, 0.2) is 59.1 Å². The van der Waals surface area contributed by atoms with E-state index in [4.69, 9.17) is 17.0 Å². The summed E-state index contributed by atoms with van der Waals surface area (Å²) in [5, 5.41) is 7.91. The molecule has 4 nitrogen and oxygen atoms in total. The molecule has 2 N–H and O–H groups in total. The zero-order chi connectivity index (χ0) is 20.3. The molecule has 3 aromatic rings. The maximum atomic E-state index is 12.8. The minimum atomic E-state index is -0.334. The number of ether oxygens (including phenoxy) is 1. The van der Waals surface area contributed by atoms with Crippen LogP contribution in [0.25, 0.3) is 10.8 Å². The molecule has 0 aromatic heterocycles. The zero-order valence-corrected chi connectivity index (χ0v) is 18.3. The first-order valence-electron chi connectivity index (χ1n) is 8.88. The number of benzene rings is 3. The van der Waals surface area contributed by atoms with E-state index in [-0.39, 0.29) is 11.0 Å². The Morgan fingerprint density at radius 3 is 2.43 bits per heavy atom. The lowest BCUT2D eigenvalue weighted by Crippen LogP contribution is -2.34. The van der Waals surface area contributed by atoms with E-state index in [0.29, 0.717) is 17.2 Å². The highest BCUT2D eigenvalue weighted by Gasteiger charge is 2.19. The summed E-state index contributed by atoms with van der Waals surface area (Å²) in [7, 11) is 1.54. The minimum absolute atomic E-state index is 0.230. The van der Waals surface area contributed by atoms with Gasteiger partial charge in [-0.25, -0.2) is 0 Å². The first-order valence-corrected chi connectivity index (χ1v) is 10.1. The van der Waals surface area contributed by atoms with Crippen LogP contribution in [0.1, 0.15) is 35.7 Å². The molecule has 0 spiro atoms. The highest BCUT2D eigenvalue weighted by atomic mass is 79.9. The van der Waals surface area contributed by atoms with E-state index < -0.39 is 0 Å². The number of fused-ring (bicyclic) bond motifs is 1. The van der Waals surface area contributed by atoms with Crippen LogP contribution < -0.4 is 15.4 Å². The monoisotopic (exact) mass is 456 g/mol. The molecule has 0 aliphatic rings. The summed E-state index contributed by atoms with van der Waals surface area (Å²) < 4.78 is 6.21. The Hall–Kier alpha value is -2.44. The third kappa shape index (κ3) is 4.34. The van der Waals surface area contributed by atoms with Gasteiger partial charge in [-0.15, -0.1) is 0 Å². The second kappa shape index (κ2) is 8.71. The largest absolute Gasteiger partial charge is 0.495 e. The average molecular weight is 457 g/mol. The van der Waals surface area contributed by atoms with E-state index >= 15 is 0 Å². The van der Waals surface area contributed by atoms with Crippen molar-refractivity contribution in [3.8, 4) is 5.75 Å². The average Bonchev–Trinajstić information content (AvgIpc) is 2.68. The van der Waals surface area contributed by atoms with Crippen molar-refractivity contribution in [1.82, 2.24) is 5.32 Å². The number of hydrogen-bond acceptors (Lipinski definition) is 3. The fraction of sp³-hybridized carbons (Fsp3) is 0.182. The van der Waals surface area contributed by atoms with Crippen molar-refractivity contribution in [1.29, 1.82) is 0 Å². The molecule has 6 heteroatoms. The smallest absolute Gasteiger partial charge is 0.261 e. The number of thiocarbonyl (C=S) groups is 1. The molecule has 0 unspecified atom stereocenters. The van der Waals surface area contributed by atoms with Crippen molar-refractivity contribution in [2.24, 2.45) is 0 Å². The Morgan fingerprint density at radius 1 is 1.11 bits per heavy atom. The van der Waals surface area contributed by atoms with Gasteiger partial charge < -0.3 is 10.1 Å². The molecule has 0 radical (unpaired) electrons. The lowest BCUT2D eigenvalue weighted by Gasteiger charge is -2.15. The summed E-state index contributed by atoms with van der Waals surface area (Å²) in [4.78, 5) is 12.8. The van der Waals surface area contributed by atoms with Gasteiger partial charge in [-0.2, -0.15) is 0 Å². The second-order valence-corrected chi connectivity index (χ2v) is 7.88. The fourth-order valence-electron chi connectivity index (χ4n) is 2.94. The molecule has 0 heterocycles. The lowest BCUT2D eigenvalue weighted by molar-refractivity contribution is 0.0975. The van der Waals surface area contributed by atoms with Gasteiger partial charge in [0.25, 0.3) is 5.91 Å². The van der Waals surface area contributed by atoms with Crippen molar-refractivity contribution in [2.45, 2.75) is 19.8 Å². The highest BCUT2D eigenvalue weighted by molar-refractivity contribution is 9.10. The molecule has 3 aromatic carbocycles. The third-order valence-corrected chi connectivity index (χ3v) is 5.44. The molecular formula is C22H21BrN2O2S. The van der Waals surface area contributed by atoms with Crippen LogP contribution in [0, 0.1) is 0 Å². The van der Waals surface area contributed by atoms with E-state index in [1.807, 2.05) is 48.5 Å². The standard InChI is InChI=1S/C22H21BrN2O2S/c1-13(2)14-8-10-16(11-9-14)24-22(28)25-21(26)18-12-15-6-4-5-7-17(15)19(23)20(18)27-3/h4-13H,1-3H3,(H2,24,25,26,28). The Bertz CT molecular complexity index is 1030. The lowest BCUT2D eigenvalue weighted by atomic mass is 10.0. The van der Waals surface area contributed by atoms with E-state index in [9.17, 15) is 4.79 Å². The summed E-state index contributed by atoms with van der Waals surface area (Å²) >= 11 is 8.86. The van der Waals surface area contributed by atoms with E-state index in [2.05, 4.69) is 40.4 Å². The topological polar surface area (TPSA) is 50.4 Å². The SMILES string of the molecule is COc1c(C(=O)NC(=S)Nc2ccc(C(C)C)cc2)cc2ccccc2c1Br. The van der Waals surface area contributed by atoms with Gasteiger partial charge in [0, 0.05) is 5.69 Å². The molecule has 0 fully saturated rings. The first-order chi connectivity index (χ1) is 13.4. The predicted octanol–water partition coefficient (Wildman–Crippen LogP) is 5.86. The summed E-state index contributed by atoms with van der Waals surface area (Å²) in [6, 6.07) is 17.6. The quantitative estimate of drug-likeness (QED) is 0.482. The van der Waals surface area contributed by atoms with Crippen LogP contribution in [0.2, 0.25) is 0 Å². The molecule has 28 heavy (non-hydrogen) atoms. The Labute approximate surface area is 178 Å². The molecule has 3 rings (SSSR count). The van der Waals surface area contributed by atoms with E-state index in [0.717, 1.165) is 20.9 Å². The van der Waals surface area contributed by atoms with Crippen LogP contribution in [0.3, 0.4) is 0 Å². The fourth-order valence-corrected chi connectivity index (χ4v) is 3.88. The van der Waals surface area contributed by atoms with Gasteiger partial charge >= 0.3 is 0 Å². The zero-order valence-electron chi connectivity index (χ0n) is 15.9. The number of halogens is 1. The summed E-state index contributed by atoms with van der Waals surface area (Å²) in [6.07, 6.45) is 0. The van der Waals surface area contributed by atoms with Gasteiger partial charge in [-0.05, 0) is 68.6 Å². The maximum absolute atomic E-state index is 12.8. The number of methoxy groups -OCH3 is 1. The second-order valence-electron chi connectivity index (χ2n) is 6.68. The van der Waals surface area contributed by atoms with Crippen LogP contribution in [-0.4, -0.2) is 18.1 Å². The van der Waals surface area contributed by atoms with Crippen molar-refractivity contribution >= 4 is 55.6 Å². The van der Waals surface area contributed by atoms with Crippen LogP contribution in [0.5, 0.6) is 5.75 Å². The third-order valence-electron chi connectivity index (χ3n) is 4.45. The van der Waals surface area contributed by atoms with Crippen molar-refractivity contribution in [3.63, 3.8) is 0 Å². The number of carbonyl (C=O) groups is 1. The summed E-state index contributed by atoms with van der Waals surface area (Å²) in [5.41, 5.74) is 2.47. The van der Waals surface area contributed by atoms with Crippen molar-refractivity contribution < 1.29 is 9.53 Å². The molecule has 1 amide bonds. The van der Waals surface area contributed by atoms with Gasteiger partial charge in [-0.3, -0.25) is 10.1 Å².